The molecule has 23 heavy (non-hydrogen) atoms. The molecule has 2 aliphatic rings. The predicted molar refractivity (Wildman–Crippen MR) is 91.4 cm³/mol. The third-order valence-corrected chi connectivity index (χ3v) is 4.96. The quantitative estimate of drug-likeness (QED) is 0.883. The SMILES string of the molecule is O=CNCN1CCN2c3ccccc3Cc3ccccc3C2C1. The summed E-state index contributed by atoms with van der Waals surface area (Å²) in [6, 6.07) is 17.9. The van der Waals surface area contributed by atoms with Crippen molar-refractivity contribution in [3.05, 3.63) is 65.2 Å². The van der Waals surface area contributed by atoms with E-state index in [1.165, 1.54) is 22.4 Å². The normalized spacial score (nSPS) is 20.0. The van der Waals surface area contributed by atoms with Crippen LogP contribution >= 0.6 is 0 Å². The van der Waals surface area contributed by atoms with Gasteiger partial charge in [0.25, 0.3) is 0 Å². The van der Waals surface area contributed by atoms with Gasteiger partial charge in [0.2, 0.25) is 6.41 Å². The molecule has 1 saturated heterocycles. The number of piperazine rings is 1. The predicted octanol–water partition coefficient (Wildman–Crippen LogP) is 2.16. The number of carbonyl (C=O) groups is 1. The summed E-state index contributed by atoms with van der Waals surface area (Å²) >= 11 is 0. The Kier molecular flexibility index (Phi) is 3.75. The highest BCUT2D eigenvalue weighted by molar-refractivity contribution is 5.60. The number of para-hydroxylation sites is 1. The maximum atomic E-state index is 10.6. The van der Waals surface area contributed by atoms with Crippen LogP contribution in [0, 0.1) is 0 Å². The lowest BCUT2D eigenvalue weighted by Gasteiger charge is -2.43. The molecule has 0 spiro atoms. The first-order valence-corrected chi connectivity index (χ1v) is 8.18. The van der Waals surface area contributed by atoms with Gasteiger partial charge in [-0.3, -0.25) is 9.69 Å². The standard InChI is InChI=1S/C19H21N3O/c23-14-20-13-21-9-10-22-18-8-4-2-6-16(18)11-15-5-1-3-7-17(15)19(22)12-21/h1-8,14,19H,9-13H2,(H,20,23). The maximum absolute atomic E-state index is 10.6. The molecule has 118 valence electrons. The van der Waals surface area contributed by atoms with E-state index in [1.54, 1.807) is 0 Å². The van der Waals surface area contributed by atoms with E-state index in [0.29, 0.717) is 12.7 Å². The Hall–Kier alpha value is -2.33. The number of nitrogens with zero attached hydrogens (tertiary/aromatic N) is 2. The number of rotatable bonds is 3. The van der Waals surface area contributed by atoms with E-state index in [9.17, 15) is 4.79 Å². The summed E-state index contributed by atoms with van der Waals surface area (Å²) in [6.07, 6.45) is 1.77. The van der Waals surface area contributed by atoms with Crippen molar-refractivity contribution in [1.29, 1.82) is 0 Å². The van der Waals surface area contributed by atoms with Gasteiger partial charge >= 0.3 is 0 Å². The van der Waals surface area contributed by atoms with Gasteiger partial charge in [0.15, 0.2) is 0 Å². The van der Waals surface area contributed by atoms with Crippen molar-refractivity contribution in [2.75, 3.05) is 31.2 Å². The first kappa shape index (κ1) is 14.3. The lowest BCUT2D eigenvalue weighted by atomic mass is 9.96. The van der Waals surface area contributed by atoms with E-state index in [1.807, 2.05) is 0 Å². The van der Waals surface area contributed by atoms with Gasteiger partial charge in [0, 0.05) is 25.3 Å². The van der Waals surface area contributed by atoms with E-state index in [0.717, 1.165) is 32.5 Å². The molecule has 2 aromatic rings. The monoisotopic (exact) mass is 307 g/mol. The summed E-state index contributed by atoms with van der Waals surface area (Å²) in [5.74, 6) is 0. The van der Waals surface area contributed by atoms with E-state index in [-0.39, 0.29) is 0 Å². The molecule has 1 amide bonds. The van der Waals surface area contributed by atoms with Gasteiger partial charge in [0.05, 0.1) is 12.7 Å². The number of carbonyl (C=O) groups excluding carboxylic acids is 1. The molecule has 0 radical (unpaired) electrons. The molecule has 0 saturated carbocycles. The minimum Gasteiger partial charge on any atom is -0.362 e. The van der Waals surface area contributed by atoms with Gasteiger partial charge in [-0.1, -0.05) is 42.5 Å². The van der Waals surface area contributed by atoms with E-state index in [4.69, 9.17) is 0 Å². The number of anilines is 1. The van der Waals surface area contributed by atoms with Crippen LogP contribution in [0.4, 0.5) is 5.69 Å². The molecule has 4 nitrogen and oxygen atoms in total. The zero-order chi connectivity index (χ0) is 15.6. The van der Waals surface area contributed by atoms with Crippen LogP contribution in [0.3, 0.4) is 0 Å². The number of hydrogen-bond acceptors (Lipinski definition) is 3. The Labute approximate surface area is 136 Å². The maximum Gasteiger partial charge on any atom is 0.208 e. The van der Waals surface area contributed by atoms with Gasteiger partial charge in [-0.05, 0) is 29.2 Å². The minimum atomic E-state index is 0.344. The summed E-state index contributed by atoms with van der Waals surface area (Å²) in [5.41, 5.74) is 5.59. The fraction of sp³-hybridized carbons (Fsp3) is 0.316. The van der Waals surface area contributed by atoms with Crippen LogP contribution < -0.4 is 10.2 Å². The summed E-state index contributed by atoms with van der Waals surface area (Å²) in [6.45, 7) is 3.51. The topological polar surface area (TPSA) is 35.6 Å². The molecule has 1 unspecified atom stereocenters. The van der Waals surface area contributed by atoms with Gasteiger partial charge in [-0.25, -0.2) is 0 Å². The van der Waals surface area contributed by atoms with Crippen molar-refractivity contribution in [3.8, 4) is 0 Å². The largest absolute Gasteiger partial charge is 0.362 e. The average Bonchev–Trinajstić information content (AvgIpc) is 2.74. The molecule has 1 N–H and O–H groups in total. The molecule has 2 aliphatic heterocycles. The fourth-order valence-corrected chi connectivity index (χ4v) is 3.87. The Bertz CT molecular complexity index is 715. The van der Waals surface area contributed by atoms with Crippen LogP contribution in [0.2, 0.25) is 0 Å². The Morgan fingerprint density at radius 2 is 1.83 bits per heavy atom. The Morgan fingerprint density at radius 1 is 1.04 bits per heavy atom. The molecular weight excluding hydrogens is 286 g/mol. The number of nitrogens with one attached hydrogen (secondary N) is 1. The van der Waals surface area contributed by atoms with Crippen molar-refractivity contribution in [3.63, 3.8) is 0 Å². The molecule has 0 aliphatic carbocycles. The van der Waals surface area contributed by atoms with Crippen LogP contribution in [-0.2, 0) is 11.2 Å². The van der Waals surface area contributed by atoms with Gasteiger partial charge in [-0.2, -0.15) is 0 Å². The third kappa shape index (κ3) is 2.59. The number of fused-ring (bicyclic) bond motifs is 5. The minimum absolute atomic E-state index is 0.344. The molecular formula is C19H21N3O. The van der Waals surface area contributed by atoms with Crippen LogP contribution in [0.15, 0.2) is 48.5 Å². The number of benzene rings is 2. The van der Waals surface area contributed by atoms with E-state index >= 15 is 0 Å². The lowest BCUT2D eigenvalue weighted by Crippen LogP contribution is -2.50. The van der Waals surface area contributed by atoms with E-state index in [2.05, 4.69) is 63.6 Å². The summed E-state index contributed by atoms with van der Waals surface area (Å²) in [4.78, 5) is 15.5. The van der Waals surface area contributed by atoms with Crippen molar-refractivity contribution in [2.45, 2.75) is 12.5 Å². The van der Waals surface area contributed by atoms with Crippen molar-refractivity contribution in [2.24, 2.45) is 0 Å². The fourth-order valence-electron chi connectivity index (χ4n) is 3.87. The van der Waals surface area contributed by atoms with Crippen LogP contribution in [0.25, 0.3) is 0 Å². The van der Waals surface area contributed by atoms with Crippen LogP contribution in [0.1, 0.15) is 22.7 Å². The molecule has 4 heteroatoms. The number of amides is 1. The molecule has 0 aromatic heterocycles. The first-order valence-electron chi connectivity index (χ1n) is 8.18. The van der Waals surface area contributed by atoms with Gasteiger partial charge in [-0.15, -0.1) is 0 Å². The second-order valence-corrected chi connectivity index (χ2v) is 6.27. The second kappa shape index (κ2) is 6.05. The summed E-state index contributed by atoms with van der Waals surface area (Å²) in [5, 5.41) is 2.80. The van der Waals surface area contributed by atoms with Crippen molar-refractivity contribution >= 4 is 12.1 Å². The molecule has 2 aromatic carbocycles. The molecule has 1 atom stereocenters. The second-order valence-electron chi connectivity index (χ2n) is 6.27. The van der Waals surface area contributed by atoms with Crippen molar-refractivity contribution in [1.82, 2.24) is 10.2 Å². The number of hydrogen-bond donors (Lipinski definition) is 1. The van der Waals surface area contributed by atoms with Gasteiger partial charge < -0.3 is 10.2 Å². The highest BCUT2D eigenvalue weighted by Crippen LogP contribution is 2.38. The molecule has 4 rings (SSSR count). The van der Waals surface area contributed by atoms with Crippen molar-refractivity contribution < 1.29 is 4.79 Å². The highest BCUT2D eigenvalue weighted by atomic mass is 16.1. The molecule has 0 bridgehead atoms. The molecule has 1 fully saturated rings. The van der Waals surface area contributed by atoms with Crippen LogP contribution in [0.5, 0.6) is 0 Å². The van der Waals surface area contributed by atoms with Gasteiger partial charge in [0.1, 0.15) is 0 Å². The summed E-state index contributed by atoms with van der Waals surface area (Å²) < 4.78 is 0. The zero-order valence-electron chi connectivity index (χ0n) is 13.1. The van der Waals surface area contributed by atoms with Crippen LogP contribution in [-0.4, -0.2) is 37.6 Å². The third-order valence-electron chi connectivity index (χ3n) is 4.96. The smallest absolute Gasteiger partial charge is 0.208 e. The average molecular weight is 307 g/mol. The zero-order valence-corrected chi connectivity index (χ0v) is 13.1. The Balaban J connectivity index is 1.74. The van der Waals surface area contributed by atoms with E-state index < -0.39 is 0 Å². The summed E-state index contributed by atoms with van der Waals surface area (Å²) in [7, 11) is 0. The highest BCUT2D eigenvalue weighted by Gasteiger charge is 2.32. The Morgan fingerprint density at radius 3 is 2.70 bits per heavy atom. The molecule has 2 heterocycles. The first-order chi connectivity index (χ1) is 11.4. The lowest BCUT2D eigenvalue weighted by molar-refractivity contribution is -0.110.